The Labute approximate surface area is 104 Å². The maximum atomic E-state index is 11.5. The summed E-state index contributed by atoms with van der Waals surface area (Å²) < 4.78 is 4.80. The molecule has 17 heavy (non-hydrogen) atoms. The van der Waals surface area contributed by atoms with E-state index in [0.29, 0.717) is 5.15 Å². The Morgan fingerprint density at radius 3 is 2.71 bits per heavy atom. The third kappa shape index (κ3) is 4.82. The number of amides is 1. The number of esters is 1. The number of hydrogen-bond acceptors (Lipinski definition) is 4. The van der Waals surface area contributed by atoms with Gasteiger partial charge in [0.1, 0.15) is 5.15 Å². The Balaban J connectivity index is 2.45. The molecule has 1 aromatic rings. The van der Waals surface area contributed by atoms with Crippen LogP contribution in [0.15, 0.2) is 18.3 Å². The van der Waals surface area contributed by atoms with Crippen molar-refractivity contribution in [2.45, 2.75) is 19.9 Å². The summed E-state index contributed by atoms with van der Waals surface area (Å²) in [6.45, 7) is 3.34. The Kier molecular flexibility index (Phi) is 4.90. The van der Waals surface area contributed by atoms with E-state index in [2.05, 4.69) is 10.3 Å². The number of halogens is 1. The van der Waals surface area contributed by atoms with Crippen LogP contribution in [0.2, 0.25) is 5.15 Å². The molecule has 92 valence electrons. The van der Waals surface area contributed by atoms with Crippen molar-refractivity contribution in [3.05, 3.63) is 29.0 Å². The van der Waals surface area contributed by atoms with Crippen LogP contribution in [0.3, 0.4) is 0 Å². The van der Waals surface area contributed by atoms with Gasteiger partial charge in [0.05, 0.1) is 5.56 Å². The molecule has 1 N–H and O–H groups in total. The maximum absolute atomic E-state index is 11.5. The van der Waals surface area contributed by atoms with E-state index in [9.17, 15) is 9.59 Å². The minimum atomic E-state index is -0.604. The number of carbonyl (C=O) groups is 2. The molecule has 0 unspecified atom stereocenters. The minimum absolute atomic E-state index is 0.0124. The van der Waals surface area contributed by atoms with E-state index >= 15 is 0 Å². The van der Waals surface area contributed by atoms with Crippen LogP contribution in [0.5, 0.6) is 0 Å². The van der Waals surface area contributed by atoms with Gasteiger partial charge in [-0.2, -0.15) is 0 Å². The number of carbonyl (C=O) groups excluding carboxylic acids is 2. The molecule has 0 aliphatic carbocycles. The van der Waals surface area contributed by atoms with Gasteiger partial charge in [-0.3, -0.25) is 4.79 Å². The van der Waals surface area contributed by atoms with Gasteiger partial charge in [-0.15, -0.1) is 0 Å². The van der Waals surface area contributed by atoms with Gasteiger partial charge in [-0.05, 0) is 26.0 Å². The zero-order valence-electron chi connectivity index (χ0n) is 9.57. The number of ether oxygens (including phenoxy) is 1. The van der Waals surface area contributed by atoms with E-state index < -0.39 is 5.97 Å². The minimum Gasteiger partial charge on any atom is -0.452 e. The average Bonchev–Trinajstić information content (AvgIpc) is 2.26. The molecular weight excluding hydrogens is 244 g/mol. The number of hydrogen-bond donors (Lipinski definition) is 1. The predicted octanol–water partition coefficient (Wildman–Crippen LogP) is 1.42. The topological polar surface area (TPSA) is 68.3 Å². The molecule has 0 aliphatic heterocycles. The second kappa shape index (κ2) is 6.20. The number of rotatable bonds is 4. The highest BCUT2D eigenvalue weighted by molar-refractivity contribution is 6.29. The molecule has 0 saturated carbocycles. The zero-order valence-corrected chi connectivity index (χ0v) is 10.3. The SMILES string of the molecule is CC(C)NC(=O)COC(=O)c1ccc(Cl)nc1. The highest BCUT2D eigenvalue weighted by Gasteiger charge is 2.10. The van der Waals surface area contributed by atoms with Gasteiger partial charge in [0, 0.05) is 12.2 Å². The molecule has 1 aromatic heterocycles. The second-order valence-corrected chi connectivity index (χ2v) is 4.06. The van der Waals surface area contributed by atoms with Crippen molar-refractivity contribution in [2.24, 2.45) is 0 Å². The number of aromatic nitrogens is 1. The largest absolute Gasteiger partial charge is 0.452 e. The monoisotopic (exact) mass is 256 g/mol. The van der Waals surface area contributed by atoms with Crippen LogP contribution in [0, 0.1) is 0 Å². The van der Waals surface area contributed by atoms with Gasteiger partial charge < -0.3 is 10.1 Å². The van der Waals surface area contributed by atoms with Crippen molar-refractivity contribution in [1.82, 2.24) is 10.3 Å². The van der Waals surface area contributed by atoms with Crippen LogP contribution in [0.25, 0.3) is 0 Å². The van der Waals surface area contributed by atoms with Gasteiger partial charge in [-0.1, -0.05) is 11.6 Å². The van der Waals surface area contributed by atoms with Crippen LogP contribution >= 0.6 is 11.6 Å². The van der Waals surface area contributed by atoms with Crippen molar-refractivity contribution in [1.29, 1.82) is 0 Å². The lowest BCUT2D eigenvalue weighted by Crippen LogP contribution is -2.33. The summed E-state index contributed by atoms with van der Waals surface area (Å²) in [6.07, 6.45) is 1.30. The van der Waals surface area contributed by atoms with Crippen molar-refractivity contribution in [2.75, 3.05) is 6.61 Å². The van der Waals surface area contributed by atoms with Crippen LogP contribution < -0.4 is 5.32 Å². The Bertz CT molecular complexity index is 404. The molecule has 0 saturated heterocycles. The van der Waals surface area contributed by atoms with Crippen molar-refractivity contribution in [3.8, 4) is 0 Å². The first kappa shape index (κ1) is 13.4. The van der Waals surface area contributed by atoms with E-state index in [-0.39, 0.29) is 24.1 Å². The molecule has 0 spiro atoms. The highest BCUT2D eigenvalue weighted by Crippen LogP contribution is 2.06. The van der Waals surface area contributed by atoms with Crippen LogP contribution in [0.1, 0.15) is 24.2 Å². The van der Waals surface area contributed by atoms with E-state index in [1.54, 1.807) is 0 Å². The second-order valence-electron chi connectivity index (χ2n) is 3.67. The lowest BCUT2D eigenvalue weighted by atomic mass is 10.3. The summed E-state index contributed by atoms with van der Waals surface area (Å²) in [5.41, 5.74) is 0.256. The quantitative estimate of drug-likeness (QED) is 0.653. The van der Waals surface area contributed by atoms with E-state index in [1.165, 1.54) is 18.3 Å². The van der Waals surface area contributed by atoms with Gasteiger partial charge in [0.25, 0.3) is 5.91 Å². The lowest BCUT2D eigenvalue weighted by Gasteiger charge is -2.08. The van der Waals surface area contributed by atoms with Crippen LogP contribution in [-0.2, 0) is 9.53 Å². The molecule has 1 amide bonds. The first-order chi connectivity index (χ1) is 7.99. The molecule has 5 nitrogen and oxygen atoms in total. The normalized spacial score (nSPS) is 10.1. The van der Waals surface area contributed by atoms with E-state index in [4.69, 9.17) is 16.3 Å². The summed E-state index contributed by atoms with van der Waals surface area (Å²) in [5, 5.41) is 2.90. The number of nitrogens with zero attached hydrogens (tertiary/aromatic N) is 1. The fourth-order valence-corrected chi connectivity index (χ4v) is 1.19. The van der Waals surface area contributed by atoms with Gasteiger partial charge in [-0.25, -0.2) is 9.78 Å². The molecule has 0 radical (unpaired) electrons. The summed E-state index contributed by atoms with van der Waals surface area (Å²) in [6, 6.07) is 2.98. The van der Waals surface area contributed by atoms with Gasteiger partial charge in [0.15, 0.2) is 6.61 Å². The molecule has 6 heteroatoms. The number of nitrogens with one attached hydrogen (secondary N) is 1. The molecule has 1 rings (SSSR count). The van der Waals surface area contributed by atoms with Crippen molar-refractivity contribution >= 4 is 23.5 Å². The summed E-state index contributed by atoms with van der Waals surface area (Å²) in [7, 11) is 0. The first-order valence-electron chi connectivity index (χ1n) is 5.07. The fraction of sp³-hybridized carbons (Fsp3) is 0.364. The van der Waals surface area contributed by atoms with Gasteiger partial charge >= 0.3 is 5.97 Å². The zero-order chi connectivity index (χ0) is 12.8. The Morgan fingerprint density at radius 2 is 2.18 bits per heavy atom. The van der Waals surface area contributed by atoms with Gasteiger partial charge in [0.2, 0.25) is 0 Å². The standard InChI is InChI=1S/C11H13ClN2O3/c1-7(2)14-10(15)6-17-11(16)8-3-4-9(12)13-5-8/h3-5,7H,6H2,1-2H3,(H,14,15). The summed E-state index contributed by atoms with van der Waals surface area (Å²) in [5.74, 6) is -0.941. The van der Waals surface area contributed by atoms with E-state index in [1.807, 2.05) is 13.8 Å². The highest BCUT2D eigenvalue weighted by atomic mass is 35.5. The van der Waals surface area contributed by atoms with Crippen molar-refractivity contribution in [3.63, 3.8) is 0 Å². The average molecular weight is 257 g/mol. The molecule has 0 aromatic carbocycles. The summed E-state index contributed by atoms with van der Waals surface area (Å²) in [4.78, 5) is 26.4. The molecule has 0 atom stereocenters. The fourth-order valence-electron chi connectivity index (χ4n) is 1.07. The van der Waals surface area contributed by atoms with Crippen LogP contribution in [-0.4, -0.2) is 29.5 Å². The number of pyridine rings is 1. The molecule has 0 fully saturated rings. The predicted molar refractivity (Wildman–Crippen MR) is 62.8 cm³/mol. The van der Waals surface area contributed by atoms with Crippen molar-refractivity contribution < 1.29 is 14.3 Å². The smallest absolute Gasteiger partial charge is 0.340 e. The first-order valence-corrected chi connectivity index (χ1v) is 5.45. The van der Waals surface area contributed by atoms with Crippen LogP contribution in [0.4, 0.5) is 0 Å². The lowest BCUT2D eigenvalue weighted by molar-refractivity contribution is -0.124. The molecule has 1 heterocycles. The Morgan fingerprint density at radius 1 is 1.47 bits per heavy atom. The third-order valence-electron chi connectivity index (χ3n) is 1.75. The summed E-state index contributed by atoms with van der Waals surface area (Å²) >= 11 is 5.57. The molecular formula is C11H13ClN2O3. The van der Waals surface area contributed by atoms with E-state index in [0.717, 1.165) is 0 Å². The molecule has 0 aliphatic rings. The third-order valence-corrected chi connectivity index (χ3v) is 1.97. The molecule has 0 bridgehead atoms. The maximum Gasteiger partial charge on any atom is 0.340 e. The Hall–Kier alpha value is -1.62.